The third-order valence-electron chi connectivity index (χ3n) is 4.85. The molecule has 1 amide bonds. The van der Waals surface area contributed by atoms with Crippen molar-refractivity contribution >= 4 is 21.6 Å². The van der Waals surface area contributed by atoms with Crippen molar-refractivity contribution in [3.63, 3.8) is 0 Å². The lowest BCUT2D eigenvalue weighted by Gasteiger charge is -2.35. The largest absolute Gasteiger partial charge is 0.494 e. The number of nitrogens with zero attached hydrogens (tertiary/aromatic N) is 1. The van der Waals surface area contributed by atoms with Crippen LogP contribution in [0, 0.1) is 6.92 Å². The molecule has 1 aliphatic rings. The molecule has 2 atom stereocenters. The molecular weight excluding hydrogens is 404 g/mol. The molecule has 0 aliphatic carbocycles. The quantitative estimate of drug-likeness (QED) is 0.756. The molecule has 1 aliphatic heterocycles. The Kier molecular flexibility index (Phi) is 6.67. The summed E-state index contributed by atoms with van der Waals surface area (Å²) in [4.78, 5) is 14.8. The van der Waals surface area contributed by atoms with Crippen LogP contribution in [0.1, 0.15) is 36.7 Å². The summed E-state index contributed by atoms with van der Waals surface area (Å²) in [7, 11) is -3.86. The number of aryl methyl sites for hydroxylation is 1. The Labute approximate surface area is 178 Å². The lowest BCUT2D eigenvalue weighted by Crippen LogP contribution is -2.48. The maximum absolute atomic E-state index is 13.0. The van der Waals surface area contributed by atoms with Crippen LogP contribution in [0.15, 0.2) is 47.4 Å². The molecular formula is C22H28N2O5S. The van der Waals surface area contributed by atoms with Crippen LogP contribution < -0.4 is 9.46 Å². The Morgan fingerprint density at radius 2 is 1.77 bits per heavy atom. The average Bonchev–Trinajstić information content (AvgIpc) is 2.68. The molecule has 0 aromatic heterocycles. The van der Waals surface area contributed by atoms with Gasteiger partial charge in [0.25, 0.3) is 15.9 Å². The molecule has 162 valence electrons. The summed E-state index contributed by atoms with van der Waals surface area (Å²) < 4.78 is 39.6. The molecule has 2 aromatic carbocycles. The molecule has 2 aromatic rings. The summed E-state index contributed by atoms with van der Waals surface area (Å²) in [5.74, 6) is 0.465. The van der Waals surface area contributed by atoms with Crippen LogP contribution >= 0.6 is 0 Å². The third-order valence-corrected chi connectivity index (χ3v) is 6.37. The van der Waals surface area contributed by atoms with E-state index in [0.29, 0.717) is 42.3 Å². The van der Waals surface area contributed by atoms with Gasteiger partial charge in [-0.3, -0.25) is 9.52 Å². The van der Waals surface area contributed by atoms with Gasteiger partial charge in [0, 0.05) is 24.3 Å². The van der Waals surface area contributed by atoms with Gasteiger partial charge in [-0.15, -0.1) is 0 Å². The number of nitrogens with one attached hydrogen (secondary N) is 1. The average molecular weight is 433 g/mol. The van der Waals surface area contributed by atoms with Gasteiger partial charge in [-0.25, -0.2) is 8.42 Å². The summed E-state index contributed by atoms with van der Waals surface area (Å²) in [6.45, 7) is 8.91. The van der Waals surface area contributed by atoms with Crippen LogP contribution in [0.25, 0.3) is 0 Å². The van der Waals surface area contributed by atoms with Gasteiger partial charge in [-0.2, -0.15) is 0 Å². The van der Waals surface area contributed by atoms with Gasteiger partial charge < -0.3 is 14.4 Å². The molecule has 1 fully saturated rings. The van der Waals surface area contributed by atoms with Crippen LogP contribution in [0.5, 0.6) is 5.75 Å². The summed E-state index contributed by atoms with van der Waals surface area (Å²) in [6, 6.07) is 11.5. The Morgan fingerprint density at radius 1 is 1.13 bits per heavy atom. The number of anilines is 1. The topological polar surface area (TPSA) is 84.9 Å². The molecule has 0 spiro atoms. The molecule has 0 unspecified atom stereocenters. The fourth-order valence-electron chi connectivity index (χ4n) is 3.54. The minimum Gasteiger partial charge on any atom is -0.494 e. The first-order valence-electron chi connectivity index (χ1n) is 10.0. The van der Waals surface area contributed by atoms with Gasteiger partial charge in [-0.05, 0) is 69.7 Å². The van der Waals surface area contributed by atoms with E-state index >= 15 is 0 Å². The number of amides is 1. The van der Waals surface area contributed by atoms with Crippen molar-refractivity contribution < 1.29 is 22.7 Å². The standard InChI is InChI=1S/C22H28N2O5S/c1-5-28-20-10-8-19(9-11-20)23-30(26,27)21-12-18(7-6-15(21)2)22(25)24-13-16(3)29-17(4)14-24/h6-12,16-17,23H,5,13-14H2,1-4H3/t16-,17-/m0/s1. The number of sulfonamides is 1. The SMILES string of the molecule is CCOc1ccc(NS(=O)(=O)c2cc(C(=O)N3C[C@H](C)O[C@@H](C)C3)ccc2C)cc1. The Bertz CT molecular complexity index is 995. The van der Waals surface area contributed by atoms with E-state index in [2.05, 4.69) is 4.72 Å². The number of carbonyl (C=O) groups is 1. The van der Waals surface area contributed by atoms with Crippen LogP contribution in [0.4, 0.5) is 5.69 Å². The summed E-state index contributed by atoms with van der Waals surface area (Å²) in [6.07, 6.45) is -0.125. The van der Waals surface area contributed by atoms with Crippen LogP contribution in [-0.2, 0) is 14.8 Å². The molecule has 0 radical (unpaired) electrons. The zero-order valence-corrected chi connectivity index (χ0v) is 18.5. The molecule has 0 saturated carbocycles. The molecule has 3 rings (SSSR count). The molecule has 30 heavy (non-hydrogen) atoms. The molecule has 1 saturated heterocycles. The highest BCUT2D eigenvalue weighted by atomic mass is 32.2. The van der Waals surface area contributed by atoms with E-state index in [0.717, 1.165) is 0 Å². The van der Waals surface area contributed by atoms with E-state index in [1.807, 2.05) is 20.8 Å². The van der Waals surface area contributed by atoms with Crippen molar-refractivity contribution in [3.8, 4) is 5.75 Å². The first-order chi connectivity index (χ1) is 14.2. The summed E-state index contributed by atoms with van der Waals surface area (Å²) >= 11 is 0. The summed E-state index contributed by atoms with van der Waals surface area (Å²) in [5, 5.41) is 0. The minimum atomic E-state index is -3.86. The van der Waals surface area contributed by atoms with E-state index in [4.69, 9.17) is 9.47 Å². The first-order valence-corrected chi connectivity index (χ1v) is 11.5. The number of hydrogen-bond donors (Lipinski definition) is 1. The lowest BCUT2D eigenvalue weighted by atomic mass is 10.1. The first kappa shape index (κ1) is 22.1. The normalized spacial score (nSPS) is 19.4. The molecule has 1 heterocycles. The monoisotopic (exact) mass is 432 g/mol. The van der Waals surface area contributed by atoms with Crippen molar-refractivity contribution in [3.05, 3.63) is 53.6 Å². The lowest BCUT2D eigenvalue weighted by molar-refractivity contribution is -0.0586. The fraction of sp³-hybridized carbons (Fsp3) is 0.409. The van der Waals surface area contributed by atoms with Gasteiger partial charge in [-0.1, -0.05) is 6.07 Å². The van der Waals surface area contributed by atoms with Crippen molar-refractivity contribution in [2.24, 2.45) is 0 Å². The summed E-state index contributed by atoms with van der Waals surface area (Å²) in [5.41, 5.74) is 1.33. The number of rotatable bonds is 6. The zero-order valence-electron chi connectivity index (χ0n) is 17.7. The number of carbonyl (C=O) groups excluding carboxylic acids is 1. The van der Waals surface area contributed by atoms with Gasteiger partial charge in [0.05, 0.1) is 23.7 Å². The second kappa shape index (κ2) is 9.06. The second-order valence-corrected chi connectivity index (χ2v) is 9.16. The number of morpholine rings is 1. The predicted molar refractivity (Wildman–Crippen MR) is 116 cm³/mol. The maximum Gasteiger partial charge on any atom is 0.262 e. The van der Waals surface area contributed by atoms with Crippen LogP contribution in [0.3, 0.4) is 0 Å². The smallest absolute Gasteiger partial charge is 0.262 e. The highest BCUT2D eigenvalue weighted by molar-refractivity contribution is 7.92. The number of hydrogen-bond acceptors (Lipinski definition) is 5. The van der Waals surface area contributed by atoms with Crippen molar-refractivity contribution in [1.82, 2.24) is 4.90 Å². The van der Waals surface area contributed by atoms with Crippen molar-refractivity contribution in [2.75, 3.05) is 24.4 Å². The Balaban J connectivity index is 1.83. The Hall–Kier alpha value is -2.58. The van der Waals surface area contributed by atoms with Gasteiger partial charge in [0.1, 0.15) is 5.75 Å². The van der Waals surface area contributed by atoms with Gasteiger partial charge >= 0.3 is 0 Å². The third kappa shape index (κ3) is 5.12. The fourth-order valence-corrected chi connectivity index (χ4v) is 4.88. The minimum absolute atomic E-state index is 0.0623. The predicted octanol–water partition coefficient (Wildman–Crippen LogP) is 3.44. The van der Waals surface area contributed by atoms with E-state index in [1.54, 1.807) is 48.2 Å². The van der Waals surface area contributed by atoms with Crippen molar-refractivity contribution in [1.29, 1.82) is 0 Å². The molecule has 1 N–H and O–H groups in total. The van der Waals surface area contributed by atoms with Crippen molar-refractivity contribution in [2.45, 2.75) is 44.8 Å². The van der Waals surface area contributed by atoms with E-state index < -0.39 is 10.0 Å². The highest BCUT2D eigenvalue weighted by Gasteiger charge is 2.28. The second-order valence-electron chi connectivity index (χ2n) is 7.51. The van der Waals surface area contributed by atoms with E-state index in [-0.39, 0.29) is 23.0 Å². The van der Waals surface area contributed by atoms with E-state index in [1.165, 1.54) is 6.07 Å². The molecule has 0 bridgehead atoms. The highest BCUT2D eigenvalue weighted by Crippen LogP contribution is 2.24. The maximum atomic E-state index is 13.0. The molecule has 7 nitrogen and oxygen atoms in total. The number of ether oxygens (including phenoxy) is 2. The van der Waals surface area contributed by atoms with Gasteiger partial charge in [0.15, 0.2) is 0 Å². The Morgan fingerprint density at radius 3 is 2.37 bits per heavy atom. The number of benzene rings is 2. The van der Waals surface area contributed by atoms with Crippen LogP contribution in [0.2, 0.25) is 0 Å². The van der Waals surface area contributed by atoms with Gasteiger partial charge in [0.2, 0.25) is 0 Å². The van der Waals surface area contributed by atoms with E-state index in [9.17, 15) is 13.2 Å². The zero-order chi connectivity index (χ0) is 21.9. The molecule has 8 heteroatoms. The van der Waals surface area contributed by atoms with Crippen LogP contribution in [-0.4, -0.2) is 51.1 Å².